The Bertz CT molecular complexity index is 1450. The van der Waals surface area contributed by atoms with Crippen LogP contribution in [0.1, 0.15) is 49.5 Å². The van der Waals surface area contributed by atoms with Gasteiger partial charge in [0.1, 0.15) is 11.3 Å². The van der Waals surface area contributed by atoms with Crippen molar-refractivity contribution in [2.75, 3.05) is 13.2 Å². The largest absolute Gasteiger partial charge is 0.462 e. The summed E-state index contributed by atoms with van der Waals surface area (Å²) in [7, 11) is 0. The Morgan fingerprint density at radius 1 is 0.919 bits per heavy atom. The number of hydrogen-bond donors (Lipinski definition) is 1. The Balaban J connectivity index is 1.37. The highest BCUT2D eigenvalue weighted by atomic mass is 16.5. The lowest BCUT2D eigenvalue weighted by Crippen LogP contribution is -2.44. The molecule has 0 bridgehead atoms. The predicted octanol–water partition coefficient (Wildman–Crippen LogP) is 3.12. The van der Waals surface area contributed by atoms with Gasteiger partial charge in [-0.3, -0.25) is 4.79 Å². The number of aromatic nitrogens is 4. The summed E-state index contributed by atoms with van der Waals surface area (Å²) in [5.41, 5.74) is 7.27. The van der Waals surface area contributed by atoms with E-state index in [1.807, 2.05) is 16.7 Å². The summed E-state index contributed by atoms with van der Waals surface area (Å²) in [6.07, 6.45) is 2.23. The van der Waals surface area contributed by atoms with Crippen molar-refractivity contribution >= 4 is 29.0 Å². The molecular weight excluding hydrogens is 474 g/mol. The number of fused-ring (bicyclic) bond motifs is 1. The van der Waals surface area contributed by atoms with Crippen LogP contribution in [0.15, 0.2) is 67.0 Å². The summed E-state index contributed by atoms with van der Waals surface area (Å²) in [4.78, 5) is 50.0. The monoisotopic (exact) mass is 499 g/mol. The number of amides is 1. The van der Waals surface area contributed by atoms with Crippen LogP contribution in [0, 0.1) is 18.8 Å². The van der Waals surface area contributed by atoms with Crippen molar-refractivity contribution in [2.45, 2.75) is 19.4 Å². The first-order chi connectivity index (χ1) is 17.9. The fourth-order valence-electron chi connectivity index (χ4n) is 4.65. The van der Waals surface area contributed by atoms with Crippen molar-refractivity contribution in [2.24, 2.45) is 17.6 Å². The number of benzene rings is 2. The maximum Gasteiger partial charge on any atom is 0.338 e. The molecule has 0 aliphatic heterocycles. The highest BCUT2D eigenvalue weighted by molar-refractivity contribution is 6.01. The first-order valence-electron chi connectivity index (χ1n) is 11.9. The molecule has 2 aromatic carbocycles. The van der Waals surface area contributed by atoms with Crippen molar-refractivity contribution in [3.05, 3.63) is 89.6 Å². The van der Waals surface area contributed by atoms with E-state index in [0.29, 0.717) is 34.5 Å². The van der Waals surface area contributed by atoms with E-state index in [-0.39, 0.29) is 36.8 Å². The number of aryl methyl sites for hydroxylation is 1. The molecule has 2 N–H and O–H groups in total. The Morgan fingerprint density at radius 3 is 2.11 bits per heavy atom. The maximum absolute atomic E-state index is 12.6. The molecular formula is C27H25N5O5. The highest BCUT2D eigenvalue weighted by Gasteiger charge is 2.44. The fraction of sp³-hybridized carbons (Fsp3) is 0.259. The number of ether oxygens (including phenoxy) is 2. The molecule has 0 unspecified atom stereocenters. The van der Waals surface area contributed by atoms with E-state index >= 15 is 0 Å². The summed E-state index contributed by atoms with van der Waals surface area (Å²) in [6.45, 7) is 1.96. The van der Waals surface area contributed by atoms with Crippen LogP contribution in [-0.2, 0) is 9.47 Å². The first-order valence-corrected chi connectivity index (χ1v) is 11.9. The van der Waals surface area contributed by atoms with E-state index in [9.17, 15) is 14.4 Å². The third-order valence-electron chi connectivity index (χ3n) is 6.62. The Hall–Kier alpha value is -4.60. The van der Waals surface area contributed by atoms with Crippen LogP contribution in [0.4, 0.5) is 0 Å². The molecule has 0 radical (unpaired) electrons. The van der Waals surface area contributed by atoms with E-state index in [2.05, 4.69) is 15.0 Å². The zero-order valence-electron chi connectivity index (χ0n) is 20.1. The van der Waals surface area contributed by atoms with E-state index in [0.717, 1.165) is 0 Å². The van der Waals surface area contributed by atoms with Crippen molar-refractivity contribution in [3.63, 3.8) is 0 Å². The SMILES string of the molecule is Cc1nc(C(N)=O)c2ncn([C@@H]3C[C@H](COC(=O)c4ccccc4)[C@H]3COC(=O)c3ccccc3)c2n1. The lowest BCUT2D eigenvalue weighted by atomic mass is 9.69. The molecule has 1 saturated carbocycles. The van der Waals surface area contributed by atoms with E-state index < -0.39 is 17.8 Å². The molecule has 4 aromatic rings. The van der Waals surface area contributed by atoms with Crippen molar-refractivity contribution < 1.29 is 23.9 Å². The molecule has 0 saturated heterocycles. The summed E-state index contributed by atoms with van der Waals surface area (Å²) >= 11 is 0. The second-order valence-corrected chi connectivity index (χ2v) is 8.96. The summed E-state index contributed by atoms with van der Waals surface area (Å²) in [5, 5.41) is 0. The quantitative estimate of drug-likeness (QED) is 0.365. The molecule has 188 valence electrons. The zero-order chi connectivity index (χ0) is 25.9. The molecule has 1 fully saturated rings. The third-order valence-corrected chi connectivity index (χ3v) is 6.62. The molecule has 37 heavy (non-hydrogen) atoms. The average Bonchev–Trinajstić information content (AvgIpc) is 3.31. The van der Waals surface area contributed by atoms with Gasteiger partial charge < -0.3 is 19.8 Å². The van der Waals surface area contributed by atoms with Gasteiger partial charge in [-0.1, -0.05) is 36.4 Å². The third kappa shape index (κ3) is 4.90. The molecule has 2 heterocycles. The molecule has 10 nitrogen and oxygen atoms in total. The maximum atomic E-state index is 12.6. The molecule has 0 spiro atoms. The number of carbonyl (C=O) groups excluding carboxylic acids is 3. The lowest BCUT2D eigenvalue weighted by Gasteiger charge is -2.44. The smallest absolute Gasteiger partial charge is 0.338 e. The predicted molar refractivity (Wildman–Crippen MR) is 133 cm³/mol. The van der Waals surface area contributed by atoms with Crippen LogP contribution >= 0.6 is 0 Å². The number of rotatable bonds is 8. The van der Waals surface area contributed by atoms with E-state index in [1.165, 1.54) is 0 Å². The fourth-order valence-corrected chi connectivity index (χ4v) is 4.65. The molecule has 3 atom stereocenters. The second kappa shape index (κ2) is 10.2. The van der Waals surface area contributed by atoms with Gasteiger partial charge in [0, 0.05) is 17.9 Å². The van der Waals surface area contributed by atoms with Gasteiger partial charge >= 0.3 is 11.9 Å². The van der Waals surface area contributed by atoms with Crippen LogP contribution in [0.25, 0.3) is 11.2 Å². The van der Waals surface area contributed by atoms with E-state index in [4.69, 9.17) is 15.2 Å². The second-order valence-electron chi connectivity index (χ2n) is 8.96. The van der Waals surface area contributed by atoms with Gasteiger partial charge in [0.25, 0.3) is 5.91 Å². The van der Waals surface area contributed by atoms with Crippen LogP contribution < -0.4 is 5.73 Å². The van der Waals surface area contributed by atoms with Gasteiger partial charge in [0.05, 0.1) is 30.7 Å². The zero-order valence-corrected chi connectivity index (χ0v) is 20.1. The number of hydrogen-bond acceptors (Lipinski definition) is 8. The van der Waals surface area contributed by atoms with Crippen molar-refractivity contribution in [1.29, 1.82) is 0 Å². The Morgan fingerprint density at radius 2 is 1.51 bits per heavy atom. The standard InChI is InChI=1S/C27H25N5O5/c1-16-30-22(24(28)33)23-25(31-16)32(15-29-23)21-12-19(13-36-26(34)17-8-4-2-5-9-17)20(21)14-37-27(35)18-10-6-3-7-11-18/h2-11,15,19-21H,12-14H2,1H3,(H2,28,33)/t19-,20-,21-/m1/s1. The van der Waals surface area contributed by atoms with Gasteiger partial charge in [0.2, 0.25) is 0 Å². The minimum absolute atomic E-state index is 0.0565. The summed E-state index contributed by atoms with van der Waals surface area (Å²) in [5.74, 6) is -1.38. The lowest BCUT2D eigenvalue weighted by molar-refractivity contribution is -0.0308. The summed E-state index contributed by atoms with van der Waals surface area (Å²) < 4.78 is 13.1. The van der Waals surface area contributed by atoms with Crippen molar-refractivity contribution in [1.82, 2.24) is 19.5 Å². The van der Waals surface area contributed by atoms with Crippen LogP contribution in [0.2, 0.25) is 0 Å². The number of primary amides is 1. The average molecular weight is 500 g/mol. The number of esters is 2. The number of imidazole rings is 1. The van der Waals surface area contributed by atoms with Crippen LogP contribution in [0.3, 0.4) is 0 Å². The van der Waals surface area contributed by atoms with Crippen molar-refractivity contribution in [3.8, 4) is 0 Å². The van der Waals surface area contributed by atoms with Gasteiger partial charge in [-0.25, -0.2) is 24.5 Å². The summed E-state index contributed by atoms with van der Waals surface area (Å²) in [6, 6.07) is 17.4. The number of nitrogens with zero attached hydrogens (tertiary/aromatic N) is 4. The molecule has 10 heteroatoms. The normalized spacial score (nSPS) is 18.7. The molecule has 5 rings (SSSR count). The molecule has 1 aliphatic rings. The topological polar surface area (TPSA) is 139 Å². The number of carbonyl (C=O) groups is 3. The van der Waals surface area contributed by atoms with Gasteiger partial charge in [-0.05, 0) is 37.6 Å². The first kappa shape index (κ1) is 24.1. The van der Waals surface area contributed by atoms with E-state index in [1.54, 1.807) is 61.8 Å². The number of nitrogens with two attached hydrogens (primary N) is 1. The highest BCUT2D eigenvalue weighted by Crippen LogP contribution is 2.45. The van der Waals surface area contributed by atoms with Gasteiger partial charge in [-0.15, -0.1) is 0 Å². The van der Waals surface area contributed by atoms with Gasteiger partial charge in [0.15, 0.2) is 11.3 Å². The molecule has 1 amide bonds. The van der Waals surface area contributed by atoms with Crippen LogP contribution in [-0.4, -0.2) is 50.6 Å². The minimum atomic E-state index is -0.687. The Kier molecular flexibility index (Phi) is 6.63. The molecule has 1 aliphatic carbocycles. The minimum Gasteiger partial charge on any atom is -0.462 e. The van der Waals surface area contributed by atoms with Crippen LogP contribution in [0.5, 0.6) is 0 Å². The van der Waals surface area contributed by atoms with Gasteiger partial charge in [-0.2, -0.15) is 0 Å². The molecule has 2 aromatic heterocycles. The Labute approximate surface area is 212 Å².